The van der Waals surface area contributed by atoms with Crippen LogP contribution in [0.15, 0.2) is 0 Å². The molecule has 0 aromatic carbocycles. The third-order valence-corrected chi connectivity index (χ3v) is 3.35. The van der Waals surface area contributed by atoms with Crippen LogP contribution in [0.5, 0.6) is 0 Å². The summed E-state index contributed by atoms with van der Waals surface area (Å²) in [5.41, 5.74) is 0. The predicted octanol–water partition coefficient (Wildman–Crippen LogP) is 2.18. The van der Waals surface area contributed by atoms with Gasteiger partial charge in [-0.05, 0) is 24.1 Å². The second-order valence-electron chi connectivity index (χ2n) is 3.62. The van der Waals surface area contributed by atoms with Gasteiger partial charge in [0.2, 0.25) is 0 Å². The Morgan fingerprint density at radius 1 is 1.23 bits per heavy atom. The number of hydrogen-bond acceptors (Lipinski definition) is 2. The van der Waals surface area contributed by atoms with Crippen molar-refractivity contribution < 1.29 is 14.3 Å². The molecular formula is C8H17O3PS. The molecule has 2 N–H and O–H groups in total. The summed E-state index contributed by atoms with van der Waals surface area (Å²) in [6.07, 6.45) is 7.37. The molecule has 0 amide bonds. The van der Waals surface area contributed by atoms with Crippen molar-refractivity contribution in [1.82, 2.24) is 0 Å². The van der Waals surface area contributed by atoms with E-state index in [9.17, 15) is 0 Å². The molecule has 5 heteroatoms. The molecule has 0 unspecified atom stereocenters. The van der Waals surface area contributed by atoms with Gasteiger partial charge in [-0.15, -0.1) is 0 Å². The molecule has 0 bridgehead atoms. The Balaban J connectivity index is 2.08. The van der Waals surface area contributed by atoms with Crippen LogP contribution in [0.3, 0.4) is 0 Å². The van der Waals surface area contributed by atoms with Crippen LogP contribution >= 0.6 is 6.72 Å². The molecule has 0 aromatic heterocycles. The van der Waals surface area contributed by atoms with E-state index in [4.69, 9.17) is 14.3 Å². The SMILES string of the molecule is OP(O)(=S)OCCC1CCCCC1. The lowest BCUT2D eigenvalue weighted by Gasteiger charge is -2.21. The molecule has 1 aliphatic carbocycles. The Kier molecular flexibility index (Phi) is 4.84. The smallest absolute Gasteiger partial charge is 0.321 e. The van der Waals surface area contributed by atoms with Gasteiger partial charge in [0.15, 0.2) is 0 Å². The van der Waals surface area contributed by atoms with E-state index in [0.717, 1.165) is 6.42 Å². The molecule has 0 atom stereocenters. The summed E-state index contributed by atoms with van der Waals surface area (Å²) in [6, 6.07) is 0. The molecule has 0 heterocycles. The summed E-state index contributed by atoms with van der Waals surface area (Å²) >= 11 is 4.35. The topological polar surface area (TPSA) is 49.7 Å². The van der Waals surface area contributed by atoms with Crippen molar-refractivity contribution in [3.8, 4) is 0 Å². The van der Waals surface area contributed by atoms with Gasteiger partial charge >= 0.3 is 6.72 Å². The molecule has 78 valence electrons. The Morgan fingerprint density at radius 3 is 2.38 bits per heavy atom. The van der Waals surface area contributed by atoms with E-state index in [-0.39, 0.29) is 0 Å². The lowest BCUT2D eigenvalue weighted by Crippen LogP contribution is -2.08. The van der Waals surface area contributed by atoms with Gasteiger partial charge in [-0.2, -0.15) is 0 Å². The van der Waals surface area contributed by atoms with E-state index in [1.165, 1.54) is 32.1 Å². The van der Waals surface area contributed by atoms with Gasteiger partial charge in [-0.25, -0.2) is 0 Å². The maximum Gasteiger partial charge on any atom is 0.321 e. The summed E-state index contributed by atoms with van der Waals surface area (Å²) in [5.74, 6) is 0.704. The molecule has 1 fully saturated rings. The summed E-state index contributed by atoms with van der Waals surface area (Å²) < 4.78 is 4.77. The van der Waals surface area contributed by atoms with E-state index < -0.39 is 6.72 Å². The molecule has 0 radical (unpaired) electrons. The molecule has 0 aliphatic heterocycles. The van der Waals surface area contributed by atoms with Gasteiger partial charge < -0.3 is 14.3 Å². The Hall–Kier alpha value is 0.530. The fourth-order valence-corrected chi connectivity index (χ4v) is 2.38. The molecule has 0 saturated heterocycles. The van der Waals surface area contributed by atoms with Gasteiger partial charge in [-0.1, -0.05) is 32.1 Å². The zero-order valence-corrected chi connectivity index (χ0v) is 9.40. The average Bonchev–Trinajstić information content (AvgIpc) is 2.04. The maximum atomic E-state index is 8.81. The minimum Gasteiger partial charge on any atom is -0.325 e. The van der Waals surface area contributed by atoms with Gasteiger partial charge in [-0.3, -0.25) is 0 Å². The highest BCUT2D eigenvalue weighted by molar-refractivity contribution is 8.06. The van der Waals surface area contributed by atoms with E-state index >= 15 is 0 Å². The van der Waals surface area contributed by atoms with Crippen LogP contribution in [0.2, 0.25) is 0 Å². The van der Waals surface area contributed by atoms with Crippen molar-refractivity contribution in [2.45, 2.75) is 38.5 Å². The molecule has 13 heavy (non-hydrogen) atoms. The van der Waals surface area contributed by atoms with Gasteiger partial charge in [0.25, 0.3) is 0 Å². The van der Waals surface area contributed by atoms with Crippen molar-refractivity contribution in [3.05, 3.63) is 0 Å². The van der Waals surface area contributed by atoms with Crippen molar-refractivity contribution in [2.75, 3.05) is 6.61 Å². The molecule has 0 aromatic rings. The fourth-order valence-electron chi connectivity index (χ4n) is 1.81. The molecular weight excluding hydrogens is 207 g/mol. The van der Waals surface area contributed by atoms with Crippen molar-refractivity contribution in [1.29, 1.82) is 0 Å². The average molecular weight is 224 g/mol. The lowest BCUT2D eigenvalue weighted by atomic mass is 9.87. The summed E-state index contributed by atoms with van der Waals surface area (Å²) in [4.78, 5) is 17.6. The summed E-state index contributed by atoms with van der Waals surface area (Å²) in [6.45, 7) is -3.00. The van der Waals surface area contributed by atoms with E-state index in [1.54, 1.807) is 0 Å². The van der Waals surface area contributed by atoms with E-state index in [2.05, 4.69) is 11.8 Å². The molecule has 3 nitrogen and oxygen atoms in total. The van der Waals surface area contributed by atoms with E-state index in [1.807, 2.05) is 0 Å². The first-order valence-corrected chi connectivity index (χ1v) is 7.40. The summed E-state index contributed by atoms with van der Waals surface area (Å²) in [7, 11) is 0. The van der Waals surface area contributed by atoms with Gasteiger partial charge in [0.05, 0.1) is 6.61 Å². The third-order valence-electron chi connectivity index (χ3n) is 2.51. The third kappa shape index (κ3) is 5.76. The minimum absolute atomic E-state index is 0.398. The number of rotatable bonds is 4. The first-order chi connectivity index (χ1) is 6.08. The number of hydrogen-bond donors (Lipinski definition) is 2. The standard InChI is InChI=1S/C8H17O3PS/c9-12(10,13)11-7-6-8-4-2-1-3-5-8/h8H,1-7H2,(H2,9,10,13). The zero-order chi connectivity index (χ0) is 9.73. The Bertz CT molecular complexity index is 186. The second-order valence-corrected chi connectivity index (χ2v) is 6.28. The van der Waals surface area contributed by atoms with Crippen molar-refractivity contribution >= 4 is 18.5 Å². The van der Waals surface area contributed by atoms with Crippen LogP contribution < -0.4 is 0 Å². The van der Waals surface area contributed by atoms with Crippen LogP contribution in [0.1, 0.15) is 38.5 Å². The van der Waals surface area contributed by atoms with Crippen LogP contribution in [-0.4, -0.2) is 16.4 Å². The highest BCUT2D eigenvalue weighted by atomic mass is 32.5. The van der Waals surface area contributed by atoms with Crippen LogP contribution in [0.4, 0.5) is 0 Å². The quantitative estimate of drug-likeness (QED) is 0.719. The molecule has 1 rings (SSSR count). The maximum absolute atomic E-state index is 8.81. The highest BCUT2D eigenvalue weighted by Crippen LogP contribution is 2.37. The fraction of sp³-hybridized carbons (Fsp3) is 1.00. The Labute approximate surface area is 84.4 Å². The minimum atomic E-state index is -3.40. The predicted molar refractivity (Wildman–Crippen MR) is 55.9 cm³/mol. The van der Waals surface area contributed by atoms with Gasteiger partial charge in [0.1, 0.15) is 0 Å². The second kappa shape index (κ2) is 5.42. The van der Waals surface area contributed by atoms with E-state index in [0.29, 0.717) is 12.5 Å². The zero-order valence-electron chi connectivity index (χ0n) is 7.69. The highest BCUT2D eigenvalue weighted by Gasteiger charge is 2.14. The molecule has 0 spiro atoms. The molecule has 1 aliphatic rings. The van der Waals surface area contributed by atoms with Crippen LogP contribution in [-0.2, 0) is 16.3 Å². The van der Waals surface area contributed by atoms with Gasteiger partial charge in [0, 0.05) is 0 Å². The normalized spacial score (nSPS) is 20.5. The first kappa shape index (κ1) is 11.6. The lowest BCUT2D eigenvalue weighted by molar-refractivity contribution is 0.214. The van der Waals surface area contributed by atoms with Crippen molar-refractivity contribution in [3.63, 3.8) is 0 Å². The largest absolute Gasteiger partial charge is 0.325 e. The van der Waals surface area contributed by atoms with Crippen molar-refractivity contribution in [2.24, 2.45) is 5.92 Å². The van der Waals surface area contributed by atoms with Crippen LogP contribution in [0, 0.1) is 5.92 Å². The summed E-state index contributed by atoms with van der Waals surface area (Å²) in [5, 5.41) is 0. The van der Waals surface area contributed by atoms with Crippen LogP contribution in [0.25, 0.3) is 0 Å². The molecule has 1 saturated carbocycles. The Morgan fingerprint density at radius 2 is 1.85 bits per heavy atom. The first-order valence-electron chi connectivity index (χ1n) is 4.78. The monoisotopic (exact) mass is 224 g/mol.